The predicted octanol–water partition coefficient (Wildman–Crippen LogP) is 1.37. The van der Waals surface area contributed by atoms with Crippen molar-refractivity contribution >= 4 is 11.7 Å². The average molecular weight is 249 g/mol. The topological polar surface area (TPSA) is 54.5 Å². The van der Waals surface area contributed by atoms with Gasteiger partial charge in [-0.1, -0.05) is 0 Å². The molecule has 0 saturated carbocycles. The number of amides is 1. The predicted molar refractivity (Wildman–Crippen MR) is 69.7 cm³/mol. The molecule has 0 aromatic carbocycles. The summed E-state index contributed by atoms with van der Waals surface area (Å²) in [6.07, 6.45) is 2.57. The zero-order valence-electron chi connectivity index (χ0n) is 11.1. The fraction of sp³-hybridized carbons (Fsp3) is 0.538. The van der Waals surface area contributed by atoms with E-state index in [2.05, 4.69) is 17.2 Å². The minimum absolute atomic E-state index is 0.0375. The van der Waals surface area contributed by atoms with E-state index in [9.17, 15) is 4.79 Å². The highest BCUT2D eigenvalue weighted by molar-refractivity contribution is 5.93. The molecule has 1 saturated heterocycles. The molecular formula is C13H19N3O2. The van der Waals surface area contributed by atoms with Crippen LogP contribution in [0.2, 0.25) is 0 Å². The van der Waals surface area contributed by atoms with Crippen molar-refractivity contribution in [1.29, 1.82) is 0 Å². The molecule has 18 heavy (non-hydrogen) atoms. The molecule has 1 N–H and O–H groups in total. The second-order valence-electron chi connectivity index (χ2n) is 5.12. The minimum Gasteiger partial charge on any atom is -0.379 e. The first-order valence-corrected chi connectivity index (χ1v) is 6.04. The van der Waals surface area contributed by atoms with Crippen molar-refractivity contribution in [2.45, 2.75) is 18.9 Å². The van der Waals surface area contributed by atoms with Gasteiger partial charge in [-0.3, -0.25) is 4.79 Å². The SMILES string of the molecule is CN(C)C(=O)c1ccc(NC2(C)CCOC2)nc1. The summed E-state index contributed by atoms with van der Waals surface area (Å²) in [5.74, 6) is 0.739. The van der Waals surface area contributed by atoms with Crippen molar-refractivity contribution in [3.8, 4) is 0 Å². The van der Waals surface area contributed by atoms with Gasteiger partial charge in [0, 0.05) is 26.9 Å². The number of hydrogen-bond acceptors (Lipinski definition) is 4. The minimum atomic E-state index is -0.0555. The molecule has 1 atom stereocenters. The number of carbonyl (C=O) groups excluding carboxylic acids is 1. The molecule has 0 aliphatic carbocycles. The van der Waals surface area contributed by atoms with Gasteiger partial charge < -0.3 is 15.0 Å². The molecule has 1 fully saturated rings. The average Bonchev–Trinajstić information content (AvgIpc) is 2.76. The van der Waals surface area contributed by atoms with Crippen LogP contribution in [0.15, 0.2) is 18.3 Å². The fourth-order valence-corrected chi connectivity index (χ4v) is 1.93. The van der Waals surface area contributed by atoms with Gasteiger partial charge in [0.2, 0.25) is 0 Å². The van der Waals surface area contributed by atoms with Gasteiger partial charge in [-0.05, 0) is 25.5 Å². The molecule has 5 heteroatoms. The van der Waals surface area contributed by atoms with E-state index in [4.69, 9.17) is 4.74 Å². The van der Waals surface area contributed by atoms with Crippen molar-refractivity contribution in [3.05, 3.63) is 23.9 Å². The van der Waals surface area contributed by atoms with Gasteiger partial charge in [0.1, 0.15) is 5.82 Å². The Labute approximate surface area is 107 Å². The molecule has 5 nitrogen and oxygen atoms in total. The maximum Gasteiger partial charge on any atom is 0.254 e. The van der Waals surface area contributed by atoms with E-state index < -0.39 is 0 Å². The van der Waals surface area contributed by atoms with E-state index in [1.165, 1.54) is 4.90 Å². The highest BCUT2D eigenvalue weighted by Crippen LogP contribution is 2.22. The number of ether oxygens (including phenoxy) is 1. The molecule has 98 valence electrons. The van der Waals surface area contributed by atoms with E-state index in [-0.39, 0.29) is 11.4 Å². The Hall–Kier alpha value is -1.62. The quantitative estimate of drug-likeness (QED) is 0.879. The molecule has 2 heterocycles. The second-order valence-corrected chi connectivity index (χ2v) is 5.12. The zero-order chi connectivity index (χ0) is 13.2. The maximum absolute atomic E-state index is 11.7. The molecule has 1 aliphatic rings. The molecule has 1 aromatic heterocycles. The van der Waals surface area contributed by atoms with Crippen LogP contribution in [0.3, 0.4) is 0 Å². The third kappa shape index (κ3) is 2.79. The molecule has 1 unspecified atom stereocenters. The lowest BCUT2D eigenvalue weighted by molar-refractivity contribution is 0.0827. The van der Waals surface area contributed by atoms with Crippen LogP contribution in [0.1, 0.15) is 23.7 Å². The van der Waals surface area contributed by atoms with Crippen LogP contribution in [-0.2, 0) is 4.74 Å². The lowest BCUT2D eigenvalue weighted by Gasteiger charge is -2.24. The van der Waals surface area contributed by atoms with Crippen molar-refractivity contribution in [2.75, 3.05) is 32.6 Å². The highest BCUT2D eigenvalue weighted by Gasteiger charge is 2.29. The number of aromatic nitrogens is 1. The Bertz CT molecular complexity index is 422. The van der Waals surface area contributed by atoms with E-state index in [1.54, 1.807) is 26.4 Å². The van der Waals surface area contributed by atoms with Crippen molar-refractivity contribution in [1.82, 2.24) is 9.88 Å². The van der Waals surface area contributed by atoms with Crippen molar-refractivity contribution in [3.63, 3.8) is 0 Å². The third-order valence-electron chi connectivity index (χ3n) is 3.07. The fourth-order valence-electron chi connectivity index (χ4n) is 1.93. The first kappa shape index (κ1) is 12.8. The Morgan fingerprint density at radius 1 is 1.50 bits per heavy atom. The number of nitrogens with one attached hydrogen (secondary N) is 1. The van der Waals surface area contributed by atoms with Gasteiger partial charge in [0.25, 0.3) is 5.91 Å². The van der Waals surface area contributed by atoms with Crippen molar-refractivity contribution in [2.24, 2.45) is 0 Å². The van der Waals surface area contributed by atoms with Gasteiger partial charge in [0.15, 0.2) is 0 Å². The number of pyridine rings is 1. The number of rotatable bonds is 3. The molecule has 1 aromatic rings. The number of anilines is 1. The smallest absolute Gasteiger partial charge is 0.254 e. The van der Waals surface area contributed by atoms with Gasteiger partial charge in [-0.25, -0.2) is 4.98 Å². The van der Waals surface area contributed by atoms with Crippen LogP contribution in [0.5, 0.6) is 0 Å². The first-order chi connectivity index (χ1) is 8.50. The van der Waals surface area contributed by atoms with Crippen LogP contribution in [-0.4, -0.2) is 48.6 Å². The first-order valence-electron chi connectivity index (χ1n) is 6.04. The summed E-state index contributed by atoms with van der Waals surface area (Å²) in [5.41, 5.74) is 0.540. The summed E-state index contributed by atoms with van der Waals surface area (Å²) in [6, 6.07) is 3.62. The highest BCUT2D eigenvalue weighted by atomic mass is 16.5. The zero-order valence-corrected chi connectivity index (χ0v) is 11.1. The normalized spacial score (nSPS) is 22.8. The van der Waals surface area contributed by atoms with Crippen LogP contribution in [0.4, 0.5) is 5.82 Å². The summed E-state index contributed by atoms with van der Waals surface area (Å²) in [4.78, 5) is 17.5. The van der Waals surface area contributed by atoms with Crippen LogP contribution in [0, 0.1) is 0 Å². The summed E-state index contributed by atoms with van der Waals surface area (Å²) >= 11 is 0. The van der Waals surface area contributed by atoms with E-state index in [0.717, 1.165) is 18.8 Å². The Morgan fingerprint density at radius 3 is 2.78 bits per heavy atom. The Balaban J connectivity index is 2.06. The lowest BCUT2D eigenvalue weighted by atomic mass is 10.0. The van der Waals surface area contributed by atoms with E-state index in [0.29, 0.717) is 12.2 Å². The standard InChI is InChI=1S/C13H19N3O2/c1-13(6-7-18-9-13)15-11-5-4-10(8-14-11)12(17)16(2)3/h4-5,8H,6-7,9H2,1-3H3,(H,14,15). The summed E-state index contributed by atoms with van der Waals surface area (Å²) in [6.45, 7) is 3.58. The largest absolute Gasteiger partial charge is 0.379 e. The van der Waals surface area contributed by atoms with Gasteiger partial charge in [-0.2, -0.15) is 0 Å². The Kier molecular flexibility index (Phi) is 3.52. The van der Waals surface area contributed by atoms with Crippen LogP contribution >= 0.6 is 0 Å². The molecule has 0 bridgehead atoms. The number of hydrogen-bond donors (Lipinski definition) is 1. The van der Waals surface area contributed by atoms with Crippen molar-refractivity contribution < 1.29 is 9.53 Å². The monoisotopic (exact) mass is 249 g/mol. The molecule has 0 radical (unpaired) electrons. The molecular weight excluding hydrogens is 230 g/mol. The lowest BCUT2D eigenvalue weighted by Crippen LogP contribution is -2.35. The number of carbonyl (C=O) groups is 1. The molecule has 1 aliphatic heterocycles. The van der Waals surface area contributed by atoms with Gasteiger partial charge in [0.05, 0.1) is 17.7 Å². The molecule has 2 rings (SSSR count). The number of nitrogens with zero attached hydrogens (tertiary/aromatic N) is 2. The van der Waals surface area contributed by atoms with Gasteiger partial charge in [-0.15, -0.1) is 0 Å². The summed E-state index contributed by atoms with van der Waals surface area (Å²) in [7, 11) is 3.46. The maximum atomic E-state index is 11.7. The van der Waals surface area contributed by atoms with E-state index in [1.807, 2.05) is 6.07 Å². The molecule has 0 spiro atoms. The van der Waals surface area contributed by atoms with Gasteiger partial charge >= 0.3 is 0 Å². The van der Waals surface area contributed by atoms with Crippen LogP contribution < -0.4 is 5.32 Å². The summed E-state index contributed by atoms with van der Waals surface area (Å²) in [5, 5.41) is 3.35. The van der Waals surface area contributed by atoms with Crippen LogP contribution in [0.25, 0.3) is 0 Å². The second kappa shape index (κ2) is 4.94. The molecule has 1 amide bonds. The summed E-state index contributed by atoms with van der Waals surface area (Å²) < 4.78 is 5.37. The third-order valence-corrected chi connectivity index (χ3v) is 3.07. The van der Waals surface area contributed by atoms with E-state index >= 15 is 0 Å². The Morgan fingerprint density at radius 2 is 2.28 bits per heavy atom.